The third-order valence-electron chi connectivity index (χ3n) is 2.78. The first kappa shape index (κ1) is 12.8. The summed E-state index contributed by atoms with van der Waals surface area (Å²) < 4.78 is 10.4. The maximum absolute atomic E-state index is 5.21. The normalized spacial score (nSPS) is 10.6. The van der Waals surface area contributed by atoms with Crippen molar-refractivity contribution in [1.82, 2.24) is 0 Å². The van der Waals surface area contributed by atoms with Crippen LogP contribution in [0.1, 0.15) is 11.1 Å². The van der Waals surface area contributed by atoms with Crippen molar-refractivity contribution in [2.45, 2.75) is 13.2 Å². The van der Waals surface area contributed by atoms with Crippen LogP contribution in [0.4, 0.5) is 0 Å². The minimum Gasteiger partial charge on any atom is -0.380 e. The predicted octanol–water partition coefficient (Wildman–Crippen LogP) is 3.65. The van der Waals surface area contributed by atoms with Gasteiger partial charge in [0, 0.05) is 14.2 Å². The Kier molecular flexibility index (Phi) is 4.51. The van der Waals surface area contributed by atoms with E-state index in [1.807, 2.05) is 18.2 Å². The summed E-state index contributed by atoms with van der Waals surface area (Å²) in [7, 11) is 3.43. The first-order valence-corrected chi connectivity index (χ1v) is 5.99. The van der Waals surface area contributed by atoms with Gasteiger partial charge in [0.15, 0.2) is 0 Å². The van der Waals surface area contributed by atoms with E-state index < -0.39 is 0 Å². The summed E-state index contributed by atoms with van der Waals surface area (Å²) in [5.41, 5.74) is 4.77. The Labute approximate surface area is 108 Å². The Bertz CT molecular complexity index is 467. The lowest BCUT2D eigenvalue weighted by Crippen LogP contribution is -1.94. The molecule has 2 aromatic rings. The Morgan fingerprint density at radius 2 is 1.28 bits per heavy atom. The smallest absolute Gasteiger partial charge is 0.0713 e. The fourth-order valence-electron chi connectivity index (χ4n) is 2.06. The highest BCUT2D eigenvalue weighted by Crippen LogP contribution is 2.23. The second kappa shape index (κ2) is 6.34. The van der Waals surface area contributed by atoms with Crippen LogP contribution in [0.5, 0.6) is 0 Å². The molecule has 2 rings (SSSR count). The largest absolute Gasteiger partial charge is 0.380 e. The summed E-state index contributed by atoms with van der Waals surface area (Å²) in [6.45, 7) is 1.24. The molecule has 0 N–H and O–H groups in total. The second-order valence-electron chi connectivity index (χ2n) is 4.27. The van der Waals surface area contributed by atoms with Gasteiger partial charge >= 0.3 is 0 Å². The average molecular weight is 242 g/mol. The Morgan fingerprint density at radius 1 is 0.722 bits per heavy atom. The van der Waals surface area contributed by atoms with Gasteiger partial charge in [-0.2, -0.15) is 0 Å². The number of hydrogen-bond acceptors (Lipinski definition) is 2. The summed E-state index contributed by atoms with van der Waals surface area (Å²) in [6.07, 6.45) is 0. The molecule has 0 amide bonds. The van der Waals surface area contributed by atoms with Gasteiger partial charge in [0.1, 0.15) is 0 Å². The van der Waals surface area contributed by atoms with Crippen LogP contribution < -0.4 is 0 Å². The van der Waals surface area contributed by atoms with Gasteiger partial charge in [-0.25, -0.2) is 0 Å². The van der Waals surface area contributed by atoms with Crippen LogP contribution in [0.25, 0.3) is 11.1 Å². The highest BCUT2D eigenvalue weighted by molar-refractivity contribution is 5.65. The van der Waals surface area contributed by atoms with Gasteiger partial charge < -0.3 is 9.47 Å². The van der Waals surface area contributed by atoms with Crippen molar-refractivity contribution in [1.29, 1.82) is 0 Å². The van der Waals surface area contributed by atoms with Crippen molar-refractivity contribution in [3.63, 3.8) is 0 Å². The molecule has 0 bridgehead atoms. The number of hydrogen-bond donors (Lipinski definition) is 0. The fraction of sp³-hybridized carbons (Fsp3) is 0.250. The van der Waals surface area contributed by atoms with Crippen LogP contribution in [-0.4, -0.2) is 14.2 Å². The molecular formula is C16H18O2. The topological polar surface area (TPSA) is 18.5 Å². The summed E-state index contributed by atoms with van der Waals surface area (Å²) in [5.74, 6) is 0. The van der Waals surface area contributed by atoms with E-state index in [4.69, 9.17) is 9.47 Å². The molecule has 0 aromatic heterocycles. The molecule has 0 heterocycles. The zero-order valence-corrected chi connectivity index (χ0v) is 10.8. The molecule has 18 heavy (non-hydrogen) atoms. The van der Waals surface area contributed by atoms with E-state index in [0.717, 1.165) is 0 Å². The van der Waals surface area contributed by atoms with E-state index >= 15 is 0 Å². The van der Waals surface area contributed by atoms with E-state index in [1.165, 1.54) is 22.3 Å². The summed E-state index contributed by atoms with van der Waals surface area (Å²) >= 11 is 0. The minimum absolute atomic E-state index is 0.622. The zero-order chi connectivity index (χ0) is 12.8. The summed E-state index contributed by atoms with van der Waals surface area (Å²) in [4.78, 5) is 0. The number of methoxy groups -OCH3 is 2. The summed E-state index contributed by atoms with van der Waals surface area (Å²) in [6, 6.07) is 16.8. The standard InChI is InChI=1S/C16H18O2/c1-17-11-13-8-14(12-18-2)10-16(9-13)15-6-4-3-5-7-15/h3-10H,11-12H2,1-2H3. The lowest BCUT2D eigenvalue weighted by Gasteiger charge is -2.09. The molecule has 2 nitrogen and oxygen atoms in total. The van der Waals surface area contributed by atoms with Crippen molar-refractivity contribution in [2.24, 2.45) is 0 Å². The van der Waals surface area contributed by atoms with Crippen molar-refractivity contribution < 1.29 is 9.47 Å². The van der Waals surface area contributed by atoms with Gasteiger partial charge in [-0.1, -0.05) is 36.4 Å². The Morgan fingerprint density at radius 3 is 1.78 bits per heavy atom. The molecule has 94 valence electrons. The Balaban J connectivity index is 2.39. The quantitative estimate of drug-likeness (QED) is 0.796. The van der Waals surface area contributed by atoms with E-state index in [1.54, 1.807) is 14.2 Å². The molecule has 0 saturated heterocycles. The van der Waals surface area contributed by atoms with Crippen LogP contribution >= 0.6 is 0 Å². The molecule has 0 radical (unpaired) electrons. The summed E-state index contributed by atoms with van der Waals surface area (Å²) in [5, 5.41) is 0. The van der Waals surface area contributed by atoms with Gasteiger partial charge in [-0.15, -0.1) is 0 Å². The highest BCUT2D eigenvalue weighted by Gasteiger charge is 2.03. The fourth-order valence-corrected chi connectivity index (χ4v) is 2.06. The SMILES string of the molecule is COCc1cc(COC)cc(-c2ccccc2)c1. The van der Waals surface area contributed by atoms with E-state index in [2.05, 4.69) is 30.3 Å². The molecule has 0 fully saturated rings. The molecule has 2 aromatic carbocycles. The van der Waals surface area contributed by atoms with Crippen LogP contribution in [0.15, 0.2) is 48.5 Å². The van der Waals surface area contributed by atoms with E-state index in [9.17, 15) is 0 Å². The lowest BCUT2D eigenvalue weighted by atomic mass is 10.0. The maximum Gasteiger partial charge on any atom is 0.0713 e. The van der Waals surface area contributed by atoms with Crippen molar-refractivity contribution in [2.75, 3.05) is 14.2 Å². The van der Waals surface area contributed by atoms with Crippen LogP contribution in [0, 0.1) is 0 Å². The number of benzene rings is 2. The van der Waals surface area contributed by atoms with E-state index in [0.29, 0.717) is 13.2 Å². The van der Waals surface area contributed by atoms with Gasteiger partial charge in [0.25, 0.3) is 0 Å². The first-order chi connectivity index (χ1) is 8.83. The van der Waals surface area contributed by atoms with Crippen molar-refractivity contribution in [3.8, 4) is 11.1 Å². The van der Waals surface area contributed by atoms with Gasteiger partial charge in [0.05, 0.1) is 13.2 Å². The monoisotopic (exact) mass is 242 g/mol. The van der Waals surface area contributed by atoms with Crippen molar-refractivity contribution >= 4 is 0 Å². The number of ether oxygens (including phenoxy) is 2. The molecule has 0 unspecified atom stereocenters. The molecule has 0 aliphatic carbocycles. The molecule has 0 spiro atoms. The van der Waals surface area contributed by atoms with Crippen LogP contribution in [-0.2, 0) is 22.7 Å². The van der Waals surface area contributed by atoms with Gasteiger partial charge in [0.2, 0.25) is 0 Å². The van der Waals surface area contributed by atoms with Crippen LogP contribution in [0.2, 0.25) is 0 Å². The maximum atomic E-state index is 5.21. The highest BCUT2D eigenvalue weighted by atomic mass is 16.5. The third-order valence-corrected chi connectivity index (χ3v) is 2.78. The van der Waals surface area contributed by atoms with Gasteiger partial charge in [-0.3, -0.25) is 0 Å². The lowest BCUT2D eigenvalue weighted by molar-refractivity contribution is 0.180. The van der Waals surface area contributed by atoms with Crippen molar-refractivity contribution in [3.05, 3.63) is 59.7 Å². The molecule has 2 heteroatoms. The Hall–Kier alpha value is -1.64. The molecule has 0 aliphatic rings. The number of rotatable bonds is 5. The predicted molar refractivity (Wildman–Crippen MR) is 73.3 cm³/mol. The zero-order valence-electron chi connectivity index (χ0n) is 10.8. The first-order valence-electron chi connectivity index (χ1n) is 5.99. The molecule has 0 atom stereocenters. The van der Waals surface area contributed by atoms with E-state index in [-0.39, 0.29) is 0 Å². The molecular weight excluding hydrogens is 224 g/mol. The second-order valence-corrected chi connectivity index (χ2v) is 4.27. The van der Waals surface area contributed by atoms with Gasteiger partial charge in [-0.05, 0) is 34.4 Å². The minimum atomic E-state index is 0.622. The molecule has 0 aliphatic heterocycles. The molecule has 0 saturated carbocycles. The third kappa shape index (κ3) is 3.19. The average Bonchev–Trinajstić information content (AvgIpc) is 2.40. The van der Waals surface area contributed by atoms with Crippen LogP contribution in [0.3, 0.4) is 0 Å².